The van der Waals surface area contributed by atoms with Crippen LogP contribution in [0.1, 0.15) is 5.82 Å². The third-order valence-corrected chi connectivity index (χ3v) is 6.19. The molecule has 0 atom stereocenters. The van der Waals surface area contributed by atoms with Gasteiger partial charge in [-0.3, -0.25) is 14.1 Å². The zero-order valence-electron chi connectivity index (χ0n) is 17.0. The van der Waals surface area contributed by atoms with Gasteiger partial charge in [-0.05, 0) is 55.5 Å². The number of nitrogens with zero attached hydrogens (tertiary/aromatic N) is 2. The van der Waals surface area contributed by atoms with Crippen molar-refractivity contribution in [3.8, 4) is 11.4 Å². The Morgan fingerprint density at radius 2 is 1.75 bits per heavy atom. The molecule has 1 aromatic heterocycles. The largest absolute Gasteiger partial charge is 0.494 e. The maximum Gasteiger partial charge on any atom is 0.265 e. The molecular formula is C22H17F2N3O4S. The molecule has 4 rings (SSSR count). The highest BCUT2D eigenvalue weighted by molar-refractivity contribution is 7.92. The topological polar surface area (TPSA) is 90.3 Å². The molecule has 3 aromatic carbocycles. The van der Waals surface area contributed by atoms with Gasteiger partial charge in [0, 0.05) is 0 Å². The first-order valence-corrected chi connectivity index (χ1v) is 10.8. The molecule has 0 aliphatic rings. The first-order chi connectivity index (χ1) is 15.2. The van der Waals surface area contributed by atoms with Gasteiger partial charge >= 0.3 is 0 Å². The molecule has 0 bridgehead atoms. The number of anilines is 1. The summed E-state index contributed by atoms with van der Waals surface area (Å²) in [6.07, 6.45) is 0. The summed E-state index contributed by atoms with van der Waals surface area (Å²) < 4.78 is 62.0. The molecule has 0 unspecified atom stereocenters. The number of hydrogen-bond donors (Lipinski definition) is 1. The van der Waals surface area contributed by atoms with Crippen LogP contribution in [0.2, 0.25) is 0 Å². The molecule has 0 radical (unpaired) electrons. The Morgan fingerprint density at radius 1 is 1.00 bits per heavy atom. The minimum atomic E-state index is -4.33. The third-order valence-electron chi connectivity index (χ3n) is 4.83. The maximum atomic E-state index is 14.5. The number of benzene rings is 3. The molecule has 0 saturated carbocycles. The van der Waals surface area contributed by atoms with Crippen molar-refractivity contribution in [2.75, 3.05) is 11.8 Å². The predicted molar refractivity (Wildman–Crippen MR) is 116 cm³/mol. The van der Waals surface area contributed by atoms with Gasteiger partial charge in [0.1, 0.15) is 11.6 Å². The van der Waals surface area contributed by atoms with Crippen molar-refractivity contribution in [2.45, 2.75) is 11.8 Å². The summed E-state index contributed by atoms with van der Waals surface area (Å²) >= 11 is 0. The van der Waals surface area contributed by atoms with E-state index in [0.717, 1.165) is 24.3 Å². The van der Waals surface area contributed by atoms with Gasteiger partial charge in [-0.15, -0.1) is 0 Å². The lowest BCUT2D eigenvalue weighted by Crippen LogP contribution is -2.22. The molecule has 7 nitrogen and oxygen atoms in total. The number of rotatable bonds is 5. The van der Waals surface area contributed by atoms with Crippen molar-refractivity contribution in [3.05, 3.63) is 88.5 Å². The Bertz CT molecular complexity index is 1520. The molecule has 0 spiro atoms. The highest BCUT2D eigenvalue weighted by atomic mass is 32.2. The van der Waals surface area contributed by atoms with E-state index in [1.54, 1.807) is 31.2 Å². The molecule has 1 N–H and O–H groups in total. The molecule has 0 saturated heterocycles. The van der Waals surface area contributed by atoms with E-state index in [9.17, 15) is 22.0 Å². The average molecular weight is 457 g/mol. The van der Waals surface area contributed by atoms with Crippen LogP contribution in [0.4, 0.5) is 14.5 Å². The lowest BCUT2D eigenvalue weighted by molar-refractivity contribution is 0.385. The quantitative estimate of drug-likeness (QED) is 0.493. The monoisotopic (exact) mass is 457 g/mol. The number of fused-ring (bicyclic) bond motifs is 1. The summed E-state index contributed by atoms with van der Waals surface area (Å²) in [4.78, 5) is 17.0. The van der Waals surface area contributed by atoms with Gasteiger partial charge in [0.2, 0.25) is 0 Å². The second-order valence-corrected chi connectivity index (χ2v) is 8.57. The number of hydrogen-bond acceptors (Lipinski definition) is 5. The van der Waals surface area contributed by atoms with Crippen molar-refractivity contribution < 1.29 is 21.9 Å². The van der Waals surface area contributed by atoms with Gasteiger partial charge < -0.3 is 4.74 Å². The fraction of sp³-hybridized carbons (Fsp3) is 0.0909. The Balaban J connectivity index is 1.78. The summed E-state index contributed by atoms with van der Waals surface area (Å²) in [7, 11) is -3.08. The van der Waals surface area contributed by atoms with E-state index in [0.29, 0.717) is 16.7 Å². The number of methoxy groups -OCH3 is 1. The van der Waals surface area contributed by atoms with Crippen molar-refractivity contribution in [2.24, 2.45) is 0 Å². The van der Waals surface area contributed by atoms with E-state index in [-0.39, 0.29) is 17.0 Å². The Kier molecular flexibility index (Phi) is 5.39. The van der Waals surface area contributed by atoms with Crippen LogP contribution in [-0.2, 0) is 10.0 Å². The zero-order valence-corrected chi connectivity index (χ0v) is 17.8. The fourth-order valence-electron chi connectivity index (χ4n) is 3.30. The van der Waals surface area contributed by atoms with Crippen LogP contribution in [0, 0.1) is 18.6 Å². The van der Waals surface area contributed by atoms with E-state index < -0.39 is 32.2 Å². The highest BCUT2D eigenvalue weighted by Gasteiger charge is 2.20. The number of nitrogens with one attached hydrogen (secondary N) is 1. The summed E-state index contributed by atoms with van der Waals surface area (Å²) in [5.41, 5.74) is -0.0643. The van der Waals surface area contributed by atoms with E-state index in [1.807, 2.05) is 0 Å². The van der Waals surface area contributed by atoms with Crippen molar-refractivity contribution in [1.82, 2.24) is 9.55 Å². The Labute approximate surface area is 182 Å². The van der Waals surface area contributed by atoms with E-state index in [1.165, 1.54) is 23.8 Å². The number of halogens is 2. The number of aryl methyl sites for hydroxylation is 1. The summed E-state index contributed by atoms with van der Waals surface area (Å²) in [5, 5.41) is 0.360. The second kappa shape index (κ2) is 8.04. The normalized spacial score (nSPS) is 11.5. The number of sulfonamides is 1. The summed E-state index contributed by atoms with van der Waals surface area (Å²) in [6, 6.07) is 13.4. The third kappa shape index (κ3) is 3.80. The van der Waals surface area contributed by atoms with Gasteiger partial charge in [-0.2, -0.15) is 0 Å². The van der Waals surface area contributed by atoms with Crippen LogP contribution >= 0.6 is 0 Å². The van der Waals surface area contributed by atoms with E-state index in [2.05, 4.69) is 9.71 Å². The van der Waals surface area contributed by atoms with Crippen LogP contribution in [-0.4, -0.2) is 25.1 Å². The molecule has 1 heterocycles. The van der Waals surface area contributed by atoms with E-state index in [4.69, 9.17) is 4.74 Å². The molecule has 4 aromatic rings. The number of para-hydroxylation sites is 1. The van der Waals surface area contributed by atoms with Crippen LogP contribution in [0.3, 0.4) is 0 Å². The van der Waals surface area contributed by atoms with Gasteiger partial charge in [0.15, 0.2) is 11.6 Å². The minimum Gasteiger partial charge on any atom is -0.494 e. The first kappa shape index (κ1) is 21.4. The van der Waals surface area contributed by atoms with Crippen LogP contribution in [0.15, 0.2) is 70.4 Å². The lowest BCUT2D eigenvalue weighted by atomic mass is 10.2. The molecule has 0 amide bonds. The smallest absolute Gasteiger partial charge is 0.265 e. The molecule has 164 valence electrons. The summed E-state index contributed by atoms with van der Waals surface area (Å²) in [5.74, 6) is -1.54. The van der Waals surface area contributed by atoms with Gasteiger partial charge in [-0.1, -0.05) is 12.1 Å². The SMILES string of the molecule is COc1ccc(S(=O)(=O)Nc2cc(-n3c(C)nc4ccccc4c3=O)ccc2F)cc1F. The van der Waals surface area contributed by atoms with Crippen LogP contribution < -0.4 is 15.0 Å². The summed E-state index contributed by atoms with van der Waals surface area (Å²) in [6.45, 7) is 1.61. The first-order valence-electron chi connectivity index (χ1n) is 9.36. The predicted octanol–water partition coefficient (Wildman–Crippen LogP) is 3.78. The lowest BCUT2D eigenvalue weighted by Gasteiger charge is -2.14. The standard InChI is InChI=1S/C22H17F2N3O4S/c1-13-25-19-6-4-3-5-16(19)22(28)27(13)14-7-9-17(23)20(11-14)26-32(29,30)15-8-10-21(31-2)18(24)12-15/h3-12,26H,1-2H3. The van der Waals surface area contributed by atoms with Crippen molar-refractivity contribution in [3.63, 3.8) is 0 Å². The van der Waals surface area contributed by atoms with E-state index >= 15 is 0 Å². The van der Waals surface area contributed by atoms with Crippen molar-refractivity contribution >= 4 is 26.6 Å². The van der Waals surface area contributed by atoms with Gasteiger partial charge in [-0.25, -0.2) is 22.2 Å². The zero-order chi connectivity index (χ0) is 23.0. The molecule has 10 heteroatoms. The van der Waals surface area contributed by atoms with Gasteiger partial charge in [0.25, 0.3) is 15.6 Å². The van der Waals surface area contributed by atoms with Crippen LogP contribution in [0.5, 0.6) is 5.75 Å². The highest BCUT2D eigenvalue weighted by Crippen LogP contribution is 2.25. The Morgan fingerprint density at radius 3 is 2.47 bits per heavy atom. The number of aromatic nitrogens is 2. The van der Waals surface area contributed by atoms with Gasteiger partial charge in [0.05, 0.1) is 34.3 Å². The molecule has 0 aliphatic carbocycles. The molecular weight excluding hydrogens is 440 g/mol. The fourth-order valence-corrected chi connectivity index (χ4v) is 4.37. The average Bonchev–Trinajstić information content (AvgIpc) is 2.75. The number of ether oxygens (including phenoxy) is 1. The Hall–Kier alpha value is -3.79. The maximum absolute atomic E-state index is 14.5. The molecule has 32 heavy (non-hydrogen) atoms. The van der Waals surface area contributed by atoms with Crippen molar-refractivity contribution in [1.29, 1.82) is 0 Å². The molecule has 0 fully saturated rings. The minimum absolute atomic E-state index is 0.129. The van der Waals surface area contributed by atoms with Crippen LogP contribution in [0.25, 0.3) is 16.6 Å². The second-order valence-electron chi connectivity index (χ2n) is 6.88. The molecule has 0 aliphatic heterocycles.